The van der Waals surface area contributed by atoms with E-state index < -0.39 is 0 Å². The molecule has 0 aromatic carbocycles. The molecule has 0 spiro atoms. The van der Waals surface area contributed by atoms with Crippen LogP contribution in [0.5, 0.6) is 0 Å². The number of aryl methyl sites for hydroxylation is 1. The highest BCUT2D eigenvalue weighted by molar-refractivity contribution is 5.58. The van der Waals surface area contributed by atoms with Crippen LogP contribution in [0.25, 0.3) is 11.4 Å². The van der Waals surface area contributed by atoms with Gasteiger partial charge in [-0.3, -0.25) is 9.97 Å². The van der Waals surface area contributed by atoms with Crippen molar-refractivity contribution in [3.63, 3.8) is 0 Å². The maximum absolute atomic E-state index is 4.56. The van der Waals surface area contributed by atoms with Crippen molar-refractivity contribution in [1.29, 1.82) is 0 Å². The Balaban J connectivity index is 1.56. The van der Waals surface area contributed by atoms with Gasteiger partial charge in [0.25, 0.3) is 0 Å². The Morgan fingerprint density at radius 2 is 1.23 bits per heavy atom. The Labute approximate surface area is 160 Å². The first-order valence-corrected chi connectivity index (χ1v) is 10.8. The van der Waals surface area contributed by atoms with Crippen molar-refractivity contribution in [2.75, 3.05) is 0 Å². The zero-order valence-electron chi connectivity index (χ0n) is 16.6. The molecule has 0 aliphatic carbocycles. The molecule has 2 heteroatoms. The molecular formula is C24H36N2. The molecular weight excluding hydrogens is 316 g/mol. The molecule has 26 heavy (non-hydrogen) atoms. The Kier molecular flexibility index (Phi) is 10.7. The van der Waals surface area contributed by atoms with Crippen molar-refractivity contribution in [2.45, 2.75) is 90.4 Å². The maximum Gasteiger partial charge on any atom is 0.0918 e. The van der Waals surface area contributed by atoms with E-state index in [0.29, 0.717) is 0 Å². The van der Waals surface area contributed by atoms with Gasteiger partial charge in [-0.2, -0.15) is 0 Å². The summed E-state index contributed by atoms with van der Waals surface area (Å²) < 4.78 is 0. The zero-order chi connectivity index (χ0) is 18.3. The SMILES string of the molecule is CCCCCCCCCCCCCCc1cccnc1-c1ccccn1. The molecule has 2 heterocycles. The third-order valence-corrected chi connectivity index (χ3v) is 5.10. The number of rotatable bonds is 14. The summed E-state index contributed by atoms with van der Waals surface area (Å²) in [5.74, 6) is 0. The Morgan fingerprint density at radius 3 is 1.85 bits per heavy atom. The van der Waals surface area contributed by atoms with Crippen molar-refractivity contribution in [1.82, 2.24) is 9.97 Å². The maximum atomic E-state index is 4.56. The van der Waals surface area contributed by atoms with Crippen LogP contribution < -0.4 is 0 Å². The first-order chi connectivity index (χ1) is 12.9. The Hall–Kier alpha value is -1.70. The van der Waals surface area contributed by atoms with Crippen LogP contribution in [0.3, 0.4) is 0 Å². The van der Waals surface area contributed by atoms with Gasteiger partial charge in [0.05, 0.1) is 11.4 Å². The minimum Gasteiger partial charge on any atom is -0.255 e. The van der Waals surface area contributed by atoms with E-state index in [0.717, 1.165) is 17.8 Å². The summed E-state index contributed by atoms with van der Waals surface area (Å²) in [5.41, 5.74) is 3.37. The van der Waals surface area contributed by atoms with Crippen LogP contribution in [0, 0.1) is 0 Å². The van der Waals surface area contributed by atoms with E-state index in [9.17, 15) is 0 Å². The lowest BCUT2D eigenvalue weighted by atomic mass is 10.0. The van der Waals surface area contributed by atoms with E-state index in [-0.39, 0.29) is 0 Å². The summed E-state index contributed by atoms with van der Waals surface area (Å²) in [7, 11) is 0. The molecule has 0 N–H and O–H groups in total. The summed E-state index contributed by atoms with van der Waals surface area (Å²) in [6, 6.07) is 10.3. The van der Waals surface area contributed by atoms with E-state index in [1.165, 1.54) is 82.6 Å². The average Bonchev–Trinajstić information content (AvgIpc) is 2.70. The lowest BCUT2D eigenvalue weighted by molar-refractivity contribution is 0.544. The quantitative estimate of drug-likeness (QED) is 0.331. The van der Waals surface area contributed by atoms with Gasteiger partial charge in [-0.05, 0) is 36.6 Å². The fourth-order valence-corrected chi connectivity index (χ4v) is 3.53. The van der Waals surface area contributed by atoms with Gasteiger partial charge < -0.3 is 0 Å². The van der Waals surface area contributed by atoms with Gasteiger partial charge in [0.1, 0.15) is 0 Å². The standard InChI is InChI=1S/C24H36N2/c1-2-3-4-5-6-7-8-9-10-11-12-13-17-22-18-16-21-26-24(22)23-19-14-15-20-25-23/h14-16,18-21H,2-13,17H2,1H3. The third kappa shape index (κ3) is 8.12. The molecule has 0 aliphatic heterocycles. The summed E-state index contributed by atoms with van der Waals surface area (Å²) in [5, 5.41) is 0. The Bertz CT molecular complexity index is 580. The molecule has 2 nitrogen and oxygen atoms in total. The van der Waals surface area contributed by atoms with Crippen LogP contribution in [0.1, 0.15) is 89.5 Å². The highest BCUT2D eigenvalue weighted by Crippen LogP contribution is 2.21. The van der Waals surface area contributed by atoms with Crippen molar-refractivity contribution < 1.29 is 0 Å². The van der Waals surface area contributed by atoms with Gasteiger partial charge >= 0.3 is 0 Å². The molecule has 2 aromatic heterocycles. The van der Waals surface area contributed by atoms with Crippen LogP contribution in [-0.4, -0.2) is 9.97 Å². The first-order valence-electron chi connectivity index (χ1n) is 10.8. The van der Waals surface area contributed by atoms with Gasteiger partial charge in [-0.15, -0.1) is 0 Å². The van der Waals surface area contributed by atoms with Gasteiger partial charge in [-0.1, -0.05) is 89.7 Å². The summed E-state index contributed by atoms with van der Waals surface area (Å²) >= 11 is 0. The van der Waals surface area contributed by atoms with E-state index in [1.807, 2.05) is 36.7 Å². The minimum absolute atomic E-state index is 0.988. The fourth-order valence-electron chi connectivity index (χ4n) is 3.53. The molecule has 2 aromatic rings. The topological polar surface area (TPSA) is 25.8 Å². The lowest BCUT2D eigenvalue weighted by Crippen LogP contribution is -1.95. The highest BCUT2D eigenvalue weighted by atomic mass is 14.8. The number of pyridine rings is 2. The molecule has 0 fully saturated rings. The Morgan fingerprint density at radius 1 is 0.615 bits per heavy atom. The van der Waals surface area contributed by atoms with E-state index in [2.05, 4.69) is 23.0 Å². The van der Waals surface area contributed by atoms with Crippen molar-refractivity contribution in [3.05, 3.63) is 48.3 Å². The van der Waals surface area contributed by atoms with Crippen molar-refractivity contribution in [2.24, 2.45) is 0 Å². The molecule has 0 unspecified atom stereocenters. The largest absolute Gasteiger partial charge is 0.255 e. The van der Waals surface area contributed by atoms with Crippen LogP contribution in [0.2, 0.25) is 0 Å². The number of nitrogens with zero attached hydrogens (tertiary/aromatic N) is 2. The summed E-state index contributed by atoms with van der Waals surface area (Å²) in [4.78, 5) is 9.02. The van der Waals surface area contributed by atoms with Crippen molar-refractivity contribution >= 4 is 0 Å². The average molecular weight is 353 g/mol. The number of hydrogen-bond acceptors (Lipinski definition) is 2. The van der Waals surface area contributed by atoms with Gasteiger partial charge in [0.2, 0.25) is 0 Å². The van der Waals surface area contributed by atoms with E-state index in [1.54, 1.807) is 0 Å². The second-order valence-electron chi connectivity index (χ2n) is 7.37. The predicted molar refractivity (Wildman–Crippen MR) is 112 cm³/mol. The van der Waals surface area contributed by atoms with E-state index in [4.69, 9.17) is 0 Å². The highest BCUT2D eigenvalue weighted by Gasteiger charge is 2.06. The first kappa shape index (κ1) is 20.6. The minimum atomic E-state index is 0.988. The molecule has 142 valence electrons. The lowest BCUT2D eigenvalue weighted by Gasteiger charge is -2.08. The molecule has 0 saturated carbocycles. The molecule has 0 amide bonds. The number of aromatic nitrogens is 2. The summed E-state index contributed by atoms with van der Waals surface area (Å²) in [6.07, 6.45) is 21.5. The van der Waals surface area contributed by atoms with Crippen molar-refractivity contribution in [3.8, 4) is 11.4 Å². The van der Waals surface area contributed by atoms with Crippen LogP contribution in [0.4, 0.5) is 0 Å². The number of hydrogen-bond donors (Lipinski definition) is 0. The summed E-state index contributed by atoms with van der Waals surface area (Å²) in [6.45, 7) is 2.29. The molecule has 0 aliphatic rings. The predicted octanol–water partition coefficient (Wildman–Crippen LogP) is 7.39. The van der Waals surface area contributed by atoms with Gasteiger partial charge in [0.15, 0.2) is 0 Å². The molecule has 0 atom stereocenters. The number of unbranched alkanes of at least 4 members (excludes halogenated alkanes) is 11. The van der Waals surface area contributed by atoms with Gasteiger partial charge in [0, 0.05) is 12.4 Å². The molecule has 0 bridgehead atoms. The molecule has 2 rings (SSSR count). The van der Waals surface area contributed by atoms with Crippen LogP contribution in [0.15, 0.2) is 42.7 Å². The monoisotopic (exact) mass is 352 g/mol. The zero-order valence-corrected chi connectivity index (χ0v) is 16.6. The normalized spacial score (nSPS) is 11.0. The molecule has 0 saturated heterocycles. The van der Waals surface area contributed by atoms with Crippen LogP contribution in [-0.2, 0) is 6.42 Å². The third-order valence-electron chi connectivity index (χ3n) is 5.10. The van der Waals surface area contributed by atoms with Gasteiger partial charge in [-0.25, -0.2) is 0 Å². The molecule has 0 radical (unpaired) electrons. The van der Waals surface area contributed by atoms with Crippen LogP contribution >= 0.6 is 0 Å². The van der Waals surface area contributed by atoms with E-state index >= 15 is 0 Å². The smallest absolute Gasteiger partial charge is 0.0918 e. The second kappa shape index (κ2) is 13.5. The second-order valence-corrected chi connectivity index (χ2v) is 7.37. The fraction of sp³-hybridized carbons (Fsp3) is 0.583.